The zero-order valence-corrected chi connectivity index (χ0v) is 21.0. The molecule has 1 aliphatic rings. The fourth-order valence-electron chi connectivity index (χ4n) is 4.50. The summed E-state index contributed by atoms with van der Waals surface area (Å²) in [7, 11) is 2.18. The van der Waals surface area contributed by atoms with E-state index < -0.39 is 0 Å². The molecule has 0 unspecified atom stereocenters. The van der Waals surface area contributed by atoms with E-state index >= 15 is 0 Å². The summed E-state index contributed by atoms with van der Waals surface area (Å²) in [5, 5.41) is 7.64. The number of rotatable bonds is 8. The Morgan fingerprint density at radius 2 is 1.85 bits per heavy atom. The standard InChI is InChI=1S/C27H36N4OS/c1-5-20-9-11-21(12-10-20)28-27(32)29-23(13-8-19(2)3)25-22-14-17-30(4)18-24(22)33-26(25)31-15-6-7-16-31/h6-7,9-12,15-16,19,23H,5,8,13-14,17-18H2,1-4H3,(H2,28,29,32)/t23-/m1/s1. The Kier molecular flexibility index (Phi) is 7.56. The number of likely N-dealkylation sites (N-methyl/N-ethyl adjacent to an activating group) is 1. The molecule has 0 saturated carbocycles. The van der Waals surface area contributed by atoms with Gasteiger partial charge in [-0.15, -0.1) is 11.3 Å². The Hall–Kier alpha value is -2.57. The third-order valence-corrected chi connectivity index (χ3v) is 7.66. The molecule has 0 saturated heterocycles. The fourth-order valence-corrected chi connectivity index (χ4v) is 5.96. The molecule has 1 aliphatic heterocycles. The Morgan fingerprint density at radius 3 is 2.52 bits per heavy atom. The first-order valence-corrected chi connectivity index (χ1v) is 12.9. The second kappa shape index (κ2) is 10.6. The number of nitrogens with zero attached hydrogens (tertiary/aromatic N) is 2. The Balaban J connectivity index is 1.64. The second-order valence-electron chi connectivity index (χ2n) is 9.47. The van der Waals surface area contributed by atoms with Crippen molar-refractivity contribution in [2.24, 2.45) is 5.92 Å². The van der Waals surface area contributed by atoms with Crippen LogP contribution in [0.2, 0.25) is 0 Å². The van der Waals surface area contributed by atoms with Gasteiger partial charge in [0.1, 0.15) is 5.00 Å². The lowest BCUT2D eigenvalue weighted by molar-refractivity contribution is 0.247. The quantitative estimate of drug-likeness (QED) is 0.406. The largest absolute Gasteiger partial charge is 0.331 e. The third kappa shape index (κ3) is 5.68. The van der Waals surface area contributed by atoms with Crippen LogP contribution in [0, 0.1) is 5.92 Å². The molecular weight excluding hydrogens is 428 g/mol. The molecule has 176 valence electrons. The molecule has 0 radical (unpaired) electrons. The monoisotopic (exact) mass is 464 g/mol. The van der Waals surface area contributed by atoms with Crippen LogP contribution in [0.3, 0.4) is 0 Å². The lowest BCUT2D eigenvalue weighted by atomic mass is 9.92. The number of thiophene rings is 1. The maximum absolute atomic E-state index is 13.1. The Morgan fingerprint density at radius 1 is 1.12 bits per heavy atom. The van der Waals surface area contributed by atoms with Crippen LogP contribution >= 0.6 is 11.3 Å². The van der Waals surface area contributed by atoms with E-state index in [-0.39, 0.29) is 12.1 Å². The molecule has 6 heteroatoms. The van der Waals surface area contributed by atoms with Gasteiger partial charge in [0.25, 0.3) is 0 Å². The number of fused-ring (bicyclic) bond motifs is 1. The molecule has 5 nitrogen and oxygen atoms in total. The van der Waals surface area contributed by atoms with Crippen molar-refractivity contribution >= 4 is 23.1 Å². The minimum Gasteiger partial charge on any atom is -0.331 e. The number of benzene rings is 1. The molecule has 0 spiro atoms. The number of aryl methyl sites for hydroxylation is 1. The number of amides is 2. The van der Waals surface area contributed by atoms with Crippen molar-refractivity contribution in [3.63, 3.8) is 0 Å². The highest BCUT2D eigenvalue weighted by molar-refractivity contribution is 7.15. The molecular formula is C27H36N4OS. The number of anilines is 1. The molecule has 1 aromatic carbocycles. The third-order valence-electron chi connectivity index (χ3n) is 6.41. The molecule has 2 amide bonds. The SMILES string of the molecule is CCc1ccc(NC(=O)N[C@H](CCC(C)C)c2c(-n3cccc3)sc3c2CCN(C)C3)cc1. The molecule has 0 fully saturated rings. The number of hydrogen-bond acceptors (Lipinski definition) is 3. The van der Waals surface area contributed by atoms with Crippen LogP contribution in [0.1, 0.15) is 61.2 Å². The molecule has 0 aliphatic carbocycles. The Bertz CT molecular complexity index is 1050. The van der Waals surface area contributed by atoms with Gasteiger partial charge in [0.15, 0.2) is 0 Å². The van der Waals surface area contributed by atoms with Gasteiger partial charge < -0.3 is 20.1 Å². The van der Waals surface area contributed by atoms with E-state index in [9.17, 15) is 4.79 Å². The number of hydrogen-bond donors (Lipinski definition) is 2. The first kappa shape index (κ1) is 23.6. The van der Waals surface area contributed by atoms with Crippen molar-refractivity contribution in [3.8, 4) is 5.00 Å². The smallest absolute Gasteiger partial charge is 0.319 e. The lowest BCUT2D eigenvalue weighted by Gasteiger charge is -2.26. The van der Waals surface area contributed by atoms with Gasteiger partial charge in [0.2, 0.25) is 0 Å². The highest BCUT2D eigenvalue weighted by Gasteiger charge is 2.29. The maximum Gasteiger partial charge on any atom is 0.319 e. The van der Waals surface area contributed by atoms with Gasteiger partial charge >= 0.3 is 6.03 Å². The molecule has 3 aromatic rings. The van der Waals surface area contributed by atoms with Crippen LogP contribution in [-0.2, 0) is 19.4 Å². The predicted molar refractivity (Wildman–Crippen MR) is 138 cm³/mol. The summed E-state index contributed by atoms with van der Waals surface area (Å²) in [5.74, 6) is 0.578. The number of carbonyl (C=O) groups is 1. The lowest BCUT2D eigenvalue weighted by Crippen LogP contribution is -2.34. The second-order valence-corrected chi connectivity index (χ2v) is 10.6. The number of nitrogens with one attached hydrogen (secondary N) is 2. The summed E-state index contributed by atoms with van der Waals surface area (Å²) in [6, 6.07) is 12.1. The zero-order valence-electron chi connectivity index (χ0n) is 20.2. The first-order chi connectivity index (χ1) is 15.9. The normalized spacial score (nSPS) is 14.8. The minimum atomic E-state index is -0.140. The van der Waals surface area contributed by atoms with Crippen molar-refractivity contribution < 1.29 is 4.79 Å². The highest BCUT2D eigenvalue weighted by Crippen LogP contribution is 2.40. The molecule has 0 bridgehead atoms. The minimum absolute atomic E-state index is 0.0249. The summed E-state index contributed by atoms with van der Waals surface area (Å²) in [4.78, 5) is 16.9. The summed E-state index contributed by atoms with van der Waals surface area (Å²) >= 11 is 1.87. The van der Waals surface area contributed by atoms with Crippen LogP contribution < -0.4 is 10.6 Å². The summed E-state index contributed by atoms with van der Waals surface area (Å²) < 4.78 is 2.21. The summed E-state index contributed by atoms with van der Waals surface area (Å²) in [6.07, 6.45) is 8.22. The predicted octanol–water partition coefficient (Wildman–Crippen LogP) is 6.39. The zero-order chi connectivity index (χ0) is 23.4. The van der Waals surface area contributed by atoms with Crippen LogP contribution in [-0.4, -0.2) is 29.1 Å². The molecule has 4 rings (SSSR count). The van der Waals surface area contributed by atoms with Gasteiger partial charge in [0.05, 0.1) is 6.04 Å². The molecule has 33 heavy (non-hydrogen) atoms. The van der Waals surface area contributed by atoms with E-state index in [1.807, 2.05) is 23.5 Å². The van der Waals surface area contributed by atoms with Gasteiger partial charge in [0, 0.05) is 41.6 Å². The van der Waals surface area contributed by atoms with Crippen molar-refractivity contribution in [2.45, 2.75) is 59.0 Å². The van der Waals surface area contributed by atoms with Gasteiger partial charge in [-0.25, -0.2) is 4.79 Å². The van der Waals surface area contributed by atoms with Gasteiger partial charge in [-0.2, -0.15) is 0 Å². The van der Waals surface area contributed by atoms with Gasteiger partial charge in [-0.05, 0) is 74.0 Å². The van der Waals surface area contributed by atoms with Gasteiger partial charge in [-0.1, -0.05) is 32.9 Å². The average Bonchev–Trinajstić information content (AvgIpc) is 3.44. The van der Waals surface area contributed by atoms with E-state index in [1.165, 1.54) is 26.6 Å². The van der Waals surface area contributed by atoms with E-state index in [0.29, 0.717) is 5.92 Å². The van der Waals surface area contributed by atoms with Gasteiger partial charge in [-0.3, -0.25) is 0 Å². The van der Waals surface area contributed by atoms with Crippen molar-refractivity contribution in [2.75, 3.05) is 18.9 Å². The van der Waals surface area contributed by atoms with Crippen LogP contribution in [0.15, 0.2) is 48.8 Å². The number of aromatic nitrogens is 1. The van der Waals surface area contributed by atoms with Crippen molar-refractivity contribution in [1.29, 1.82) is 0 Å². The molecule has 1 atom stereocenters. The van der Waals surface area contributed by atoms with E-state index in [4.69, 9.17) is 0 Å². The number of carbonyl (C=O) groups excluding carboxylic acids is 1. The van der Waals surface area contributed by atoms with Crippen LogP contribution in [0.4, 0.5) is 10.5 Å². The first-order valence-electron chi connectivity index (χ1n) is 12.1. The summed E-state index contributed by atoms with van der Waals surface area (Å²) in [5.41, 5.74) is 4.83. The molecule has 2 N–H and O–H groups in total. The average molecular weight is 465 g/mol. The maximum atomic E-state index is 13.1. The topological polar surface area (TPSA) is 49.3 Å². The van der Waals surface area contributed by atoms with E-state index in [2.05, 4.69) is 84.6 Å². The summed E-state index contributed by atoms with van der Waals surface area (Å²) in [6.45, 7) is 8.65. The Labute approximate surface area is 201 Å². The molecule has 2 aromatic heterocycles. The van der Waals surface area contributed by atoms with E-state index in [1.54, 1.807) is 0 Å². The van der Waals surface area contributed by atoms with Crippen molar-refractivity contribution in [3.05, 3.63) is 70.4 Å². The van der Waals surface area contributed by atoms with Crippen molar-refractivity contribution in [1.82, 2.24) is 14.8 Å². The fraction of sp³-hybridized carbons (Fsp3) is 0.444. The van der Waals surface area contributed by atoms with Crippen LogP contribution in [0.25, 0.3) is 5.00 Å². The molecule has 3 heterocycles. The van der Waals surface area contributed by atoms with Crippen LogP contribution in [0.5, 0.6) is 0 Å². The number of urea groups is 1. The highest BCUT2D eigenvalue weighted by atomic mass is 32.1. The van der Waals surface area contributed by atoms with E-state index in [0.717, 1.165) is 44.5 Å².